The molecule has 0 saturated carbocycles. The van der Waals surface area contributed by atoms with E-state index in [4.69, 9.17) is 18.9 Å². The molecule has 0 bridgehead atoms. The summed E-state index contributed by atoms with van der Waals surface area (Å²) in [5.41, 5.74) is -0.913. The van der Waals surface area contributed by atoms with Crippen LogP contribution in [0, 0.1) is 30.3 Å². The van der Waals surface area contributed by atoms with E-state index in [1.54, 1.807) is 0 Å². The van der Waals surface area contributed by atoms with Crippen molar-refractivity contribution in [2.75, 3.05) is 39.6 Å². The van der Waals surface area contributed by atoms with Gasteiger partial charge in [-0.2, -0.15) is 0 Å². The van der Waals surface area contributed by atoms with Crippen LogP contribution in [-0.4, -0.2) is 54.4 Å². The highest BCUT2D eigenvalue weighted by Crippen LogP contribution is 2.30. The van der Waals surface area contributed by atoms with Crippen LogP contribution in [0.15, 0.2) is 42.5 Å². The van der Waals surface area contributed by atoms with Gasteiger partial charge in [0.15, 0.2) is 5.75 Å². The van der Waals surface area contributed by atoms with Gasteiger partial charge in [0.25, 0.3) is 11.4 Å². The minimum atomic E-state index is -0.754. The lowest BCUT2D eigenvalue weighted by molar-refractivity contribution is -0.394. The second-order valence-electron chi connectivity index (χ2n) is 5.84. The van der Waals surface area contributed by atoms with Gasteiger partial charge in [-0.05, 0) is 18.2 Å². The van der Waals surface area contributed by atoms with Crippen molar-refractivity contribution in [3.63, 3.8) is 0 Å². The van der Waals surface area contributed by atoms with E-state index >= 15 is 0 Å². The van der Waals surface area contributed by atoms with E-state index in [9.17, 15) is 30.3 Å². The molecule has 0 aliphatic heterocycles. The Morgan fingerprint density at radius 1 is 0.613 bits per heavy atom. The maximum atomic E-state index is 11.0. The van der Waals surface area contributed by atoms with Crippen LogP contribution in [0.25, 0.3) is 0 Å². The van der Waals surface area contributed by atoms with Gasteiger partial charge in [-0.3, -0.25) is 30.3 Å². The van der Waals surface area contributed by atoms with Gasteiger partial charge in [-0.15, -0.1) is 0 Å². The molecule has 0 aliphatic rings. The molecular formula is C18H19N3O10. The van der Waals surface area contributed by atoms with Crippen molar-refractivity contribution in [3.8, 4) is 11.5 Å². The molecule has 0 amide bonds. The molecular weight excluding hydrogens is 418 g/mol. The number of non-ortho nitro benzene ring substituents is 2. The lowest BCUT2D eigenvalue weighted by Crippen LogP contribution is -2.13. The highest BCUT2D eigenvalue weighted by Gasteiger charge is 2.20. The van der Waals surface area contributed by atoms with Gasteiger partial charge in [0, 0.05) is 18.2 Å². The number of hydrogen-bond acceptors (Lipinski definition) is 10. The quantitative estimate of drug-likeness (QED) is 0.243. The van der Waals surface area contributed by atoms with Crippen molar-refractivity contribution < 1.29 is 33.7 Å². The third kappa shape index (κ3) is 7.83. The van der Waals surface area contributed by atoms with E-state index in [2.05, 4.69) is 0 Å². The summed E-state index contributed by atoms with van der Waals surface area (Å²) in [7, 11) is 0. The van der Waals surface area contributed by atoms with Crippen LogP contribution in [0.5, 0.6) is 11.5 Å². The molecule has 0 saturated heterocycles. The third-order valence-electron chi connectivity index (χ3n) is 3.75. The topological polar surface area (TPSA) is 166 Å². The molecule has 0 fully saturated rings. The third-order valence-corrected chi connectivity index (χ3v) is 3.75. The molecule has 0 aliphatic carbocycles. The van der Waals surface area contributed by atoms with Crippen molar-refractivity contribution in [1.29, 1.82) is 0 Å². The molecule has 0 heterocycles. The summed E-state index contributed by atoms with van der Waals surface area (Å²) in [6.45, 7) is 1.22. The van der Waals surface area contributed by atoms with Crippen LogP contribution < -0.4 is 9.47 Å². The first kappa shape index (κ1) is 23.4. The minimum Gasteiger partial charge on any atom is -0.491 e. The van der Waals surface area contributed by atoms with Crippen molar-refractivity contribution in [3.05, 3.63) is 72.8 Å². The molecule has 166 valence electrons. The van der Waals surface area contributed by atoms with E-state index in [1.807, 2.05) is 0 Å². The first-order valence-electron chi connectivity index (χ1n) is 8.97. The lowest BCUT2D eigenvalue weighted by Gasteiger charge is -2.09. The van der Waals surface area contributed by atoms with Crippen LogP contribution in [0.3, 0.4) is 0 Å². The van der Waals surface area contributed by atoms with Gasteiger partial charge in [0.2, 0.25) is 0 Å². The molecule has 13 heteroatoms. The number of benzene rings is 2. The molecule has 0 aromatic heterocycles. The van der Waals surface area contributed by atoms with E-state index < -0.39 is 26.1 Å². The fraction of sp³-hybridized carbons (Fsp3) is 0.333. The van der Waals surface area contributed by atoms with Crippen molar-refractivity contribution >= 4 is 17.1 Å². The Hall–Kier alpha value is -3.84. The van der Waals surface area contributed by atoms with Crippen molar-refractivity contribution in [2.45, 2.75) is 0 Å². The first-order valence-corrected chi connectivity index (χ1v) is 8.97. The van der Waals surface area contributed by atoms with E-state index in [1.165, 1.54) is 30.3 Å². The van der Waals surface area contributed by atoms with Crippen LogP contribution in [-0.2, 0) is 9.47 Å². The Morgan fingerprint density at radius 2 is 1.13 bits per heavy atom. The molecule has 2 aromatic carbocycles. The lowest BCUT2D eigenvalue weighted by atomic mass is 10.2. The summed E-state index contributed by atoms with van der Waals surface area (Å²) in [5.74, 6) is 0.404. The second kappa shape index (κ2) is 12.0. The molecule has 2 aromatic rings. The number of ether oxygens (including phenoxy) is 4. The fourth-order valence-electron chi connectivity index (χ4n) is 2.30. The second-order valence-corrected chi connectivity index (χ2v) is 5.84. The summed E-state index contributed by atoms with van der Waals surface area (Å²) in [5, 5.41) is 32.3. The number of nitrogens with zero attached hydrogens (tertiary/aromatic N) is 3. The van der Waals surface area contributed by atoms with Gasteiger partial charge < -0.3 is 18.9 Å². The molecule has 13 nitrogen and oxygen atoms in total. The predicted molar refractivity (Wildman–Crippen MR) is 105 cm³/mol. The zero-order valence-corrected chi connectivity index (χ0v) is 16.2. The standard InChI is InChI=1S/C18H19N3O10/c22-19(23)14-1-4-16(5-2-14)30-11-9-28-7-8-29-10-12-31-18-6-3-15(20(24)25)13-17(18)21(26)27/h1-6,13H,7-12H2. The average molecular weight is 437 g/mol. The van der Waals surface area contributed by atoms with Gasteiger partial charge in [-0.25, -0.2) is 0 Å². The highest BCUT2D eigenvalue weighted by molar-refractivity contribution is 5.53. The molecule has 2 rings (SSSR count). The Bertz CT molecular complexity index is 904. The van der Waals surface area contributed by atoms with Gasteiger partial charge in [0.05, 0.1) is 47.3 Å². The van der Waals surface area contributed by atoms with Crippen LogP contribution >= 0.6 is 0 Å². The maximum absolute atomic E-state index is 11.0. The smallest absolute Gasteiger partial charge is 0.317 e. The predicted octanol–water partition coefficient (Wildman–Crippen LogP) is 2.90. The Kier molecular flexibility index (Phi) is 9.07. The zero-order chi connectivity index (χ0) is 22.6. The summed E-state index contributed by atoms with van der Waals surface area (Å²) >= 11 is 0. The fourth-order valence-corrected chi connectivity index (χ4v) is 2.30. The molecule has 0 N–H and O–H groups in total. The van der Waals surface area contributed by atoms with Crippen LogP contribution in [0.4, 0.5) is 17.1 Å². The van der Waals surface area contributed by atoms with Gasteiger partial charge in [0.1, 0.15) is 19.0 Å². The Labute approximate surface area is 175 Å². The molecule has 0 spiro atoms. The van der Waals surface area contributed by atoms with Crippen LogP contribution in [0.1, 0.15) is 0 Å². The molecule has 0 unspecified atom stereocenters. The molecule has 31 heavy (non-hydrogen) atoms. The summed E-state index contributed by atoms with van der Waals surface area (Å²) in [4.78, 5) is 30.3. The minimum absolute atomic E-state index is 0.0158. The number of nitro benzene ring substituents is 3. The highest BCUT2D eigenvalue weighted by atomic mass is 16.6. The van der Waals surface area contributed by atoms with Crippen LogP contribution in [0.2, 0.25) is 0 Å². The molecule has 0 radical (unpaired) electrons. The maximum Gasteiger partial charge on any atom is 0.317 e. The number of rotatable bonds is 14. The summed E-state index contributed by atoms with van der Waals surface area (Å²) < 4.78 is 21.2. The average Bonchev–Trinajstić information content (AvgIpc) is 2.75. The monoisotopic (exact) mass is 437 g/mol. The Morgan fingerprint density at radius 3 is 1.68 bits per heavy atom. The first-order chi connectivity index (χ1) is 14.9. The zero-order valence-electron chi connectivity index (χ0n) is 16.2. The van der Waals surface area contributed by atoms with Crippen molar-refractivity contribution in [1.82, 2.24) is 0 Å². The van der Waals surface area contributed by atoms with E-state index in [0.717, 1.165) is 12.1 Å². The SMILES string of the molecule is O=[N+]([O-])c1ccc(OCCOCCOCCOc2ccc([N+](=O)[O-])cc2[N+](=O)[O-])cc1. The van der Waals surface area contributed by atoms with Crippen molar-refractivity contribution in [2.24, 2.45) is 0 Å². The van der Waals surface area contributed by atoms with E-state index in [0.29, 0.717) is 5.75 Å². The van der Waals surface area contributed by atoms with Gasteiger partial charge in [-0.1, -0.05) is 0 Å². The normalized spacial score (nSPS) is 10.5. The largest absolute Gasteiger partial charge is 0.491 e. The summed E-state index contributed by atoms with van der Waals surface area (Å²) in [6, 6.07) is 8.81. The Balaban J connectivity index is 1.56. The van der Waals surface area contributed by atoms with Gasteiger partial charge >= 0.3 is 5.69 Å². The van der Waals surface area contributed by atoms with E-state index in [-0.39, 0.29) is 51.1 Å². The summed E-state index contributed by atoms with van der Waals surface area (Å²) in [6.07, 6.45) is 0. The molecule has 0 atom stereocenters. The number of nitro groups is 3. The number of hydrogen-bond donors (Lipinski definition) is 0.